The van der Waals surface area contributed by atoms with E-state index in [1.165, 1.54) is 25.6 Å². The van der Waals surface area contributed by atoms with Crippen molar-refractivity contribution in [1.82, 2.24) is 9.97 Å². The van der Waals surface area contributed by atoms with Crippen LogP contribution < -0.4 is 4.74 Å². The molecule has 0 spiro atoms. The number of benzene rings is 1. The average Bonchev–Trinajstić information content (AvgIpc) is 2.41. The van der Waals surface area contributed by atoms with Crippen LogP contribution in [0.1, 0.15) is 15.9 Å². The molecule has 0 radical (unpaired) electrons. The zero-order valence-electron chi connectivity index (χ0n) is 9.76. The van der Waals surface area contributed by atoms with Crippen molar-refractivity contribution in [3.63, 3.8) is 0 Å². The van der Waals surface area contributed by atoms with Gasteiger partial charge in [-0.3, -0.25) is 4.79 Å². The van der Waals surface area contributed by atoms with Gasteiger partial charge in [-0.1, -0.05) is 18.2 Å². The predicted molar refractivity (Wildman–Crippen MR) is 63.0 cm³/mol. The molecule has 1 heterocycles. The van der Waals surface area contributed by atoms with Gasteiger partial charge in [-0.2, -0.15) is 0 Å². The summed E-state index contributed by atoms with van der Waals surface area (Å²) in [6.45, 7) is 0. The first-order chi connectivity index (χ1) is 8.70. The summed E-state index contributed by atoms with van der Waals surface area (Å²) >= 11 is 0. The van der Waals surface area contributed by atoms with Gasteiger partial charge in [-0.05, 0) is 11.6 Å². The molecule has 0 aliphatic carbocycles. The minimum Gasteiger partial charge on any atom is -0.467 e. The van der Waals surface area contributed by atoms with Gasteiger partial charge in [0, 0.05) is 18.8 Å². The molecule has 0 N–H and O–H groups in total. The first-order valence-electron chi connectivity index (χ1n) is 5.33. The number of methoxy groups -OCH3 is 1. The third-order valence-corrected chi connectivity index (χ3v) is 2.44. The monoisotopic (exact) mass is 246 g/mol. The van der Waals surface area contributed by atoms with Crippen LogP contribution in [0.25, 0.3) is 0 Å². The summed E-state index contributed by atoms with van der Waals surface area (Å²) in [6, 6.07) is 6.37. The van der Waals surface area contributed by atoms with Crippen LogP contribution >= 0.6 is 0 Å². The Kier molecular flexibility index (Phi) is 3.62. The van der Waals surface area contributed by atoms with E-state index in [0.29, 0.717) is 11.1 Å². The van der Waals surface area contributed by atoms with E-state index in [1.807, 2.05) is 0 Å². The Balaban J connectivity index is 2.14. The molecular weight excluding hydrogens is 235 g/mol. The van der Waals surface area contributed by atoms with Gasteiger partial charge in [0.05, 0.1) is 12.7 Å². The molecule has 1 aromatic heterocycles. The van der Waals surface area contributed by atoms with Gasteiger partial charge in [0.1, 0.15) is 5.82 Å². The molecule has 92 valence electrons. The minimum atomic E-state index is -0.389. The number of aromatic nitrogens is 2. The molecule has 0 aliphatic rings. The number of rotatable bonds is 4. The fraction of sp³-hybridized carbons (Fsp3) is 0.154. The summed E-state index contributed by atoms with van der Waals surface area (Å²) in [5, 5.41) is 0. The molecule has 0 bridgehead atoms. The van der Waals surface area contributed by atoms with Crippen molar-refractivity contribution in [3.05, 3.63) is 53.6 Å². The molecule has 0 fully saturated rings. The third kappa shape index (κ3) is 2.68. The molecule has 0 atom stereocenters. The maximum Gasteiger partial charge on any atom is 0.316 e. The lowest BCUT2D eigenvalue weighted by atomic mass is 10.1. The number of Topliss-reactive ketones (excluding diaryl/α,β-unsaturated/α-hetero) is 1. The van der Waals surface area contributed by atoms with Crippen LogP contribution in [0, 0.1) is 5.82 Å². The summed E-state index contributed by atoms with van der Waals surface area (Å²) in [4.78, 5) is 19.5. The quantitative estimate of drug-likeness (QED) is 0.775. The van der Waals surface area contributed by atoms with Crippen molar-refractivity contribution in [1.29, 1.82) is 0 Å². The second-order valence-electron chi connectivity index (χ2n) is 3.65. The largest absolute Gasteiger partial charge is 0.467 e. The van der Waals surface area contributed by atoms with Crippen LogP contribution in [0.2, 0.25) is 0 Å². The van der Waals surface area contributed by atoms with Gasteiger partial charge in [0.2, 0.25) is 0 Å². The van der Waals surface area contributed by atoms with Crippen LogP contribution in [0.4, 0.5) is 4.39 Å². The number of halogens is 1. The third-order valence-electron chi connectivity index (χ3n) is 2.44. The van der Waals surface area contributed by atoms with Crippen LogP contribution in [0.5, 0.6) is 6.01 Å². The van der Waals surface area contributed by atoms with E-state index in [1.54, 1.807) is 18.2 Å². The lowest BCUT2D eigenvalue weighted by Gasteiger charge is -2.03. The molecule has 2 rings (SSSR count). The number of ether oxygens (including phenoxy) is 1. The molecule has 0 unspecified atom stereocenters. The van der Waals surface area contributed by atoms with Gasteiger partial charge in [0.25, 0.3) is 0 Å². The van der Waals surface area contributed by atoms with Gasteiger partial charge in [-0.15, -0.1) is 0 Å². The normalized spacial score (nSPS) is 10.1. The minimum absolute atomic E-state index is 0.0115. The van der Waals surface area contributed by atoms with E-state index < -0.39 is 0 Å². The standard InChI is InChI=1S/C13H11FN2O2/c1-18-13-15-7-10(8-16-13)12(17)6-9-4-2-3-5-11(9)14/h2-5,7-8H,6H2,1H3. The molecule has 0 saturated carbocycles. The molecule has 18 heavy (non-hydrogen) atoms. The van der Waals surface area contributed by atoms with E-state index >= 15 is 0 Å². The van der Waals surface area contributed by atoms with Crippen molar-refractivity contribution in [2.45, 2.75) is 6.42 Å². The van der Waals surface area contributed by atoms with Crippen LogP contribution in [-0.2, 0) is 6.42 Å². The maximum atomic E-state index is 13.4. The predicted octanol–water partition coefficient (Wildman–Crippen LogP) is 2.05. The van der Waals surface area contributed by atoms with Crippen LogP contribution in [0.15, 0.2) is 36.7 Å². The summed E-state index contributed by atoms with van der Waals surface area (Å²) in [6.07, 6.45) is 2.73. The fourth-order valence-electron chi connectivity index (χ4n) is 1.48. The van der Waals surface area contributed by atoms with E-state index in [4.69, 9.17) is 4.74 Å². The Morgan fingerprint density at radius 1 is 1.28 bits per heavy atom. The fourth-order valence-corrected chi connectivity index (χ4v) is 1.48. The Labute approximate surface area is 103 Å². The zero-order chi connectivity index (χ0) is 13.0. The summed E-state index contributed by atoms with van der Waals surface area (Å²) in [7, 11) is 1.44. The number of carbonyl (C=O) groups is 1. The van der Waals surface area contributed by atoms with Gasteiger partial charge >= 0.3 is 6.01 Å². The van der Waals surface area contributed by atoms with Crippen molar-refractivity contribution in [2.24, 2.45) is 0 Å². The summed E-state index contributed by atoms with van der Waals surface area (Å²) in [5.74, 6) is -0.622. The van der Waals surface area contributed by atoms with Crippen molar-refractivity contribution < 1.29 is 13.9 Å². The highest BCUT2D eigenvalue weighted by Gasteiger charge is 2.11. The molecule has 4 nitrogen and oxygen atoms in total. The van der Waals surface area contributed by atoms with E-state index in [9.17, 15) is 9.18 Å². The maximum absolute atomic E-state index is 13.4. The molecule has 5 heteroatoms. The number of nitrogens with zero attached hydrogens (tertiary/aromatic N) is 2. The van der Waals surface area contributed by atoms with Crippen molar-refractivity contribution >= 4 is 5.78 Å². The molecule has 0 amide bonds. The second kappa shape index (κ2) is 5.35. The zero-order valence-corrected chi connectivity index (χ0v) is 9.76. The molecule has 0 aliphatic heterocycles. The average molecular weight is 246 g/mol. The lowest BCUT2D eigenvalue weighted by molar-refractivity contribution is 0.0991. The Morgan fingerprint density at radius 2 is 1.94 bits per heavy atom. The summed E-state index contributed by atoms with van der Waals surface area (Å²) < 4.78 is 18.2. The van der Waals surface area contributed by atoms with Crippen molar-refractivity contribution in [2.75, 3.05) is 7.11 Å². The highest BCUT2D eigenvalue weighted by molar-refractivity contribution is 5.96. The highest BCUT2D eigenvalue weighted by atomic mass is 19.1. The topological polar surface area (TPSA) is 52.1 Å². The Morgan fingerprint density at radius 3 is 2.56 bits per heavy atom. The lowest BCUT2D eigenvalue weighted by Crippen LogP contribution is -2.06. The van der Waals surface area contributed by atoms with Gasteiger partial charge in [-0.25, -0.2) is 14.4 Å². The van der Waals surface area contributed by atoms with E-state index in [0.717, 1.165) is 0 Å². The number of ketones is 1. The van der Waals surface area contributed by atoms with Gasteiger partial charge in [0.15, 0.2) is 5.78 Å². The second-order valence-corrected chi connectivity index (χ2v) is 3.65. The number of hydrogen-bond acceptors (Lipinski definition) is 4. The first-order valence-corrected chi connectivity index (χ1v) is 5.33. The summed E-state index contributed by atoms with van der Waals surface area (Å²) in [5.41, 5.74) is 0.692. The molecule has 2 aromatic rings. The smallest absolute Gasteiger partial charge is 0.316 e. The van der Waals surface area contributed by atoms with Gasteiger partial charge < -0.3 is 4.74 Å². The van der Waals surface area contributed by atoms with Crippen LogP contribution in [-0.4, -0.2) is 22.9 Å². The molecule has 1 aromatic carbocycles. The number of carbonyl (C=O) groups excluding carboxylic acids is 1. The Hall–Kier alpha value is -2.30. The first kappa shape index (κ1) is 12.2. The molecular formula is C13H11FN2O2. The highest BCUT2D eigenvalue weighted by Crippen LogP contribution is 2.11. The van der Waals surface area contributed by atoms with Crippen LogP contribution in [0.3, 0.4) is 0 Å². The SMILES string of the molecule is COc1ncc(C(=O)Cc2ccccc2F)cn1. The molecule has 0 saturated heterocycles. The Bertz CT molecular complexity index is 555. The number of hydrogen-bond donors (Lipinski definition) is 0. The van der Waals surface area contributed by atoms with E-state index in [-0.39, 0.29) is 24.0 Å². The van der Waals surface area contributed by atoms with E-state index in [2.05, 4.69) is 9.97 Å². The van der Waals surface area contributed by atoms with Crippen molar-refractivity contribution in [3.8, 4) is 6.01 Å².